The van der Waals surface area contributed by atoms with Crippen LogP contribution in [0.3, 0.4) is 0 Å². The maximum Gasteiger partial charge on any atom is 0.341 e. The molecule has 3 heterocycles. The Morgan fingerprint density at radius 3 is 2.47 bits per heavy atom. The summed E-state index contributed by atoms with van der Waals surface area (Å²) in [4.78, 5) is 11.9. The molecule has 0 aromatic carbocycles. The first kappa shape index (κ1) is 25.9. The molecule has 0 aromatic rings. The summed E-state index contributed by atoms with van der Waals surface area (Å²) in [7, 11) is 0. The molecule has 0 N–H and O–H groups in total. The van der Waals surface area contributed by atoms with E-state index in [1.54, 1.807) is 6.08 Å². The number of carbonyl (C=O) groups is 1. The molecule has 4 aliphatic rings. The molecule has 3 aliphatic heterocycles. The molecule has 1 saturated carbocycles. The fourth-order valence-electron chi connectivity index (χ4n) is 5.38. The minimum atomic E-state index is -3.11. The van der Waals surface area contributed by atoms with Crippen LogP contribution in [0, 0.1) is 11.8 Å². The molecule has 0 radical (unpaired) electrons. The number of alkyl halides is 3. The van der Waals surface area contributed by atoms with Crippen LogP contribution in [0.1, 0.15) is 71.1 Å². The highest BCUT2D eigenvalue weighted by atomic mass is 19.3. The van der Waals surface area contributed by atoms with Gasteiger partial charge in [0, 0.05) is 37.9 Å². The Kier molecular flexibility index (Phi) is 8.93. The molecule has 6 nitrogen and oxygen atoms in total. The summed E-state index contributed by atoms with van der Waals surface area (Å²) in [6.07, 6.45) is 3.27. The van der Waals surface area contributed by atoms with Crippen molar-refractivity contribution in [3.05, 3.63) is 12.2 Å². The van der Waals surface area contributed by atoms with E-state index in [0.717, 1.165) is 32.1 Å². The molecule has 4 fully saturated rings. The average molecular weight is 491 g/mol. The van der Waals surface area contributed by atoms with Gasteiger partial charge in [-0.2, -0.15) is 0 Å². The number of hydrogen-bond donors (Lipinski definition) is 0. The minimum absolute atomic E-state index is 0.314. The number of rotatable bonds is 10. The Morgan fingerprint density at radius 2 is 1.82 bits per heavy atom. The first-order valence-electron chi connectivity index (χ1n) is 12.8. The predicted molar refractivity (Wildman–Crippen MR) is 117 cm³/mol. The van der Waals surface area contributed by atoms with Gasteiger partial charge in [0.1, 0.15) is 12.2 Å². The number of fused-ring (bicyclic) bond motifs is 1. The Hall–Kier alpha value is -1.16. The van der Waals surface area contributed by atoms with Gasteiger partial charge < -0.3 is 23.7 Å². The second-order valence-corrected chi connectivity index (χ2v) is 9.84. The van der Waals surface area contributed by atoms with E-state index in [1.807, 2.05) is 6.92 Å². The lowest BCUT2D eigenvalue weighted by Crippen LogP contribution is -2.39. The normalized spacial score (nSPS) is 37.6. The summed E-state index contributed by atoms with van der Waals surface area (Å²) < 4.78 is 73.4. The quantitative estimate of drug-likeness (QED) is 0.314. The highest BCUT2D eigenvalue weighted by molar-refractivity contribution is 5.77. The first-order valence-corrected chi connectivity index (χ1v) is 12.8. The standard InChI is InChI=1S/C25H37F3O6/c1-2-3-12-25(27,28)19(34-21-9-5-7-14-31-21)11-10-16-17(32-20-8-4-6-13-30-20)15-18-22(16)23(26)24(29)33-18/h10-11,16-23H,2-9,12-15H2,1H3/t16-,17-,18+,19?,20?,21?,22-,23+/m0/s1. The number of ether oxygens (including phenoxy) is 5. The summed E-state index contributed by atoms with van der Waals surface area (Å²) in [5, 5.41) is 0. The minimum Gasteiger partial charge on any atom is -0.460 e. The van der Waals surface area contributed by atoms with Crippen molar-refractivity contribution in [2.75, 3.05) is 13.2 Å². The van der Waals surface area contributed by atoms with Crippen LogP contribution in [-0.4, -0.2) is 62.2 Å². The second kappa shape index (κ2) is 11.7. The molecule has 0 amide bonds. The van der Waals surface area contributed by atoms with Crippen LogP contribution in [0.4, 0.5) is 13.2 Å². The van der Waals surface area contributed by atoms with E-state index in [0.29, 0.717) is 38.9 Å². The smallest absolute Gasteiger partial charge is 0.341 e. The fourth-order valence-corrected chi connectivity index (χ4v) is 5.38. The van der Waals surface area contributed by atoms with Gasteiger partial charge >= 0.3 is 5.97 Å². The molecule has 34 heavy (non-hydrogen) atoms. The van der Waals surface area contributed by atoms with Crippen LogP contribution in [-0.2, 0) is 28.5 Å². The zero-order valence-electron chi connectivity index (χ0n) is 19.8. The van der Waals surface area contributed by atoms with E-state index in [2.05, 4.69) is 0 Å². The van der Waals surface area contributed by atoms with Crippen molar-refractivity contribution in [3.8, 4) is 0 Å². The molecule has 1 aliphatic carbocycles. The summed E-state index contributed by atoms with van der Waals surface area (Å²) in [5.74, 6) is -5.37. The summed E-state index contributed by atoms with van der Waals surface area (Å²) in [5.41, 5.74) is 0. The van der Waals surface area contributed by atoms with E-state index in [4.69, 9.17) is 23.7 Å². The third-order valence-electron chi connectivity index (χ3n) is 7.29. The van der Waals surface area contributed by atoms with Crippen molar-refractivity contribution in [2.24, 2.45) is 11.8 Å². The monoisotopic (exact) mass is 490 g/mol. The molecule has 0 spiro atoms. The van der Waals surface area contributed by atoms with Crippen LogP contribution in [0.15, 0.2) is 12.2 Å². The highest BCUT2D eigenvalue weighted by Gasteiger charge is 2.57. The van der Waals surface area contributed by atoms with E-state index in [9.17, 15) is 9.18 Å². The number of halogens is 3. The van der Waals surface area contributed by atoms with Gasteiger partial charge in [-0.25, -0.2) is 18.0 Å². The van der Waals surface area contributed by atoms with Crippen molar-refractivity contribution < 1.29 is 41.7 Å². The van der Waals surface area contributed by atoms with Gasteiger partial charge in [0.2, 0.25) is 6.17 Å². The number of hydrogen-bond acceptors (Lipinski definition) is 6. The Morgan fingerprint density at radius 1 is 1.12 bits per heavy atom. The van der Waals surface area contributed by atoms with Crippen molar-refractivity contribution in [3.63, 3.8) is 0 Å². The van der Waals surface area contributed by atoms with Gasteiger partial charge in [0.05, 0.1) is 6.10 Å². The molecule has 0 bridgehead atoms. The van der Waals surface area contributed by atoms with Crippen LogP contribution in [0.25, 0.3) is 0 Å². The van der Waals surface area contributed by atoms with Crippen LogP contribution < -0.4 is 0 Å². The van der Waals surface area contributed by atoms with Gasteiger partial charge in [0.25, 0.3) is 5.92 Å². The molecular weight excluding hydrogens is 453 g/mol. The van der Waals surface area contributed by atoms with Crippen molar-refractivity contribution in [1.29, 1.82) is 0 Å². The summed E-state index contributed by atoms with van der Waals surface area (Å²) in [6, 6.07) is 0. The predicted octanol–water partition coefficient (Wildman–Crippen LogP) is 5.09. The van der Waals surface area contributed by atoms with Crippen molar-refractivity contribution in [2.45, 2.75) is 114 Å². The third kappa shape index (κ3) is 6.15. The lowest BCUT2D eigenvalue weighted by molar-refractivity contribution is -0.227. The molecule has 0 aromatic heterocycles. The lowest BCUT2D eigenvalue weighted by Gasteiger charge is -2.32. The number of unbranched alkanes of at least 4 members (excludes halogenated alkanes) is 1. The average Bonchev–Trinajstić information content (AvgIpc) is 3.30. The number of carbonyl (C=O) groups excluding carboxylic acids is 1. The van der Waals surface area contributed by atoms with E-state index in [-0.39, 0.29) is 6.42 Å². The maximum atomic E-state index is 15.1. The Labute approximate surface area is 199 Å². The van der Waals surface area contributed by atoms with Gasteiger partial charge in [0.15, 0.2) is 12.6 Å². The molecule has 8 atom stereocenters. The maximum absolute atomic E-state index is 15.1. The van der Waals surface area contributed by atoms with Crippen LogP contribution in [0.2, 0.25) is 0 Å². The van der Waals surface area contributed by atoms with E-state index < -0.39 is 60.8 Å². The fraction of sp³-hybridized carbons (Fsp3) is 0.880. The zero-order chi connectivity index (χ0) is 24.1. The third-order valence-corrected chi connectivity index (χ3v) is 7.29. The first-order chi connectivity index (χ1) is 16.4. The molecule has 4 rings (SSSR count). The molecule has 3 saturated heterocycles. The topological polar surface area (TPSA) is 63.2 Å². The molecule has 3 unspecified atom stereocenters. The van der Waals surface area contributed by atoms with Gasteiger partial charge in [-0.1, -0.05) is 25.5 Å². The Balaban J connectivity index is 1.52. The van der Waals surface area contributed by atoms with E-state index in [1.165, 1.54) is 6.08 Å². The second-order valence-electron chi connectivity index (χ2n) is 9.84. The Bertz CT molecular complexity index is 692. The summed E-state index contributed by atoms with van der Waals surface area (Å²) >= 11 is 0. The van der Waals surface area contributed by atoms with Crippen molar-refractivity contribution >= 4 is 5.97 Å². The van der Waals surface area contributed by atoms with Gasteiger partial charge in [-0.05, 0) is 44.9 Å². The molecule has 9 heteroatoms. The molecular formula is C25H37F3O6. The highest BCUT2D eigenvalue weighted by Crippen LogP contribution is 2.46. The van der Waals surface area contributed by atoms with Gasteiger partial charge in [-0.3, -0.25) is 0 Å². The molecule has 194 valence electrons. The largest absolute Gasteiger partial charge is 0.460 e. The SMILES string of the molecule is CCCCC(F)(F)C(C=C[C@@H]1[C@H]2[C@@H](C[C@@H]1OC1CCCCO1)OC(=O)[C@@H]2F)OC1CCCCO1. The zero-order valence-corrected chi connectivity index (χ0v) is 19.8. The van der Waals surface area contributed by atoms with Gasteiger partial charge in [-0.15, -0.1) is 0 Å². The van der Waals surface area contributed by atoms with E-state index >= 15 is 8.78 Å². The van der Waals surface area contributed by atoms with Crippen LogP contribution in [0.5, 0.6) is 0 Å². The number of esters is 1. The lowest BCUT2D eigenvalue weighted by atomic mass is 9.89. The van der Waals surface area contributed by atoms with Crippen molar-refractivity contribution in [1.82, 2.24) is 0 Å². The van der Waals surface area contributed by atoms with Crippen LogP contribution >= 0.6 is 0 Å². The summed E-state index contributed by atoms with van der Waals surface area (Å²) in [6.45, 7) is 2.93.